The van der Waals surface area contributed by atoms with Gasteiger partial charge < -0.3 is 15.6 Å². The van der Waals surface area contributed by atoms with Crippen LogP contribution in [0.4, 0.5) is 0 Å². The first-order chi connectivity index (χ1) is 8.36. The van der Waals surface area contributed by atoms with Crippen LogP contribution < -0.4 is 5.73 Å². The van der Waals surface area contributed by atoms with Crippen molar-refractivity contribution >= 4 is 5.97 Å². The third-order valence-corrected chi connectivity index (χ3v) is 3.64. The number of piperidine rings is 1. The highest BCUT2D eigenvalue weighted by atomic mass is 16.5. The van der Waals surface area contributed by atoms with Gasteiger partial charge in [0.25, 0.3) is 0 Å². The lowest BCUT2D eigenvalue weighted by Gasteiger charge is -2.38. The van der Waals surface area contributed by atoms with E-state index in [-0.39, 0.29) is 12.1 Å². The maximum absolute atomic E-state index is 11.0. The standard InChI is InChI=1S/C13H26N2O3/c1-4-18-11-6-5-7-15(9-11)10(2)8-13(3,14)12(16)17/h10-11H,4-9,14H2,1-3H3,(H,16,17). The highest BCUT2D eigenvalue weighted by Gasteiger charge is 2.33. The van der Waals surface area contributed by atoms with Crippen LogP contribution in [0.5, 0.6) is 0 Å². The topological polar surface area (TPSA) is 75.8 Å². The minimum Gasteiger partial charge on any atom is -0.480 e. The van der Waals surface area contributed by atoms with Crippen LogP contribution in [0.2, 0.25) is 0 Å². The Morgan fingerprint density at radius 2 is 2.33 bits per heavy atom. The van der Waals surface area contributed by atoms with Gasteiger partial charge in [-0.3, -0.25) is 9.69 Å². The largest absolute Gasteiger partial charge is 0.480 e. The van der Waals surface area contributed by atoms with E-state index in [1.165, 1.54) is 0 Å². The van der Waals surface area contributed by atoms with E-state index in [4.69, 9.17) is 15.6 Å². The van der Waals surface area contributed by atoms with Gasteiger partial charge >= 0.3 is 5.97 Å². The van der Waals surface area contributed by atoms with Gasteiger partial charge in [0.05, 0.1) is 6.10 Å². The molecule has 3 atom stereocenters. The molecule has 0 bridgehead atoms. The fourth-order valence-corrected chi connectivity index (χ4v) is 2.57. The zero-order chi connectivity index (χ0) is 13.8. The number of ether oxygens (including phenoxy) is 1. The number of hydrogen-bond acceptors (Lipinski definition) is 4. The summed E-state index contributed by atoms with van der Waals surface area (Å²) in [6.45, 7) is 8.24. The fraction of sp³-hybridized carbons (Fsp3) is 0.923. The van der Waals surface area contributed by atoms with Crippen molar-refractivity contribution in [2.75, 3.05) is 19.7 Å². The molecule has 0 saturated carbocycles. The summed E-state index contributed by atoms with van der Waals surface area (Å²) in [7, 11) is 0. The Kier molecular flexibility index (Phi) is 5.56. The van der Waals surface area contributed by atoms with Crippen LogP contribution in [-0.4, -0.2) is 53.4 Å². The summed E-state index contributed by atoms with van der Waals surface area (Å²) in [5.41, 5.74) is 4.65. The Labute approximate surface area is 109 Å². The molecule has 1 fully saturated rings. The first kappa shape index (κ1) is 15.4. The first-order valence-corrected chi connectivity index (χ1v) is 6.74. The van der Waals surface area contributed by atoms with Crippen LogP contribution in [0.15, 0.2) is 0 Å². The Hall–Kier alpha value is -0.650. The number of carbonyl (C=O) groups is 1. The van der Waals surface area contributed by atoms with Gasteiger partial charge in [0.15, 0.2) is 0 Å². The second kappa shape index (κ2) is 6.50. The SMILES string of the molecule is CCOC1CCCN(C(C)CC(C)(N)C(=O)O)C1. The molecule has 18 heavy (non-hydrogen) atoms. The van der Waals surface area contributed by atoms with Crippen molar-refractivity contribution in [1.29, 1.82) is 0 Å². The lowest BCUT2D eigenvalue weighted by molar-refractivity contribution is -0.143. The fourth-order valence-electron chi connectivity index (χ4n) is 2.57. The smallest absolute Gasteiger partial charge is 0.323 e. The predicted octanol–water partition coefficient (Wildman–Crippen LogP) is 1.07. The third kappa shape index (κ3) is 4.23. The van der Waals surface area contributed by atoms with E-state index in [1.54, 1.807) is 6.92 Å². The molecule has 5 nitrogen and oxygen atoms in total. The Morgan fingerprint density at radius 1 is 1.67 bits per heavy atom. The number of nitrogens with zero attached hydrogens (tertiary/aromatic N) is 1. The van der Waals surface area contributed by atoms with Crippen molar-refractivity contribution in [1.82, 2.24) is 4.90 Å². The molecule has 3 N–H and O–H groups in total. The summed E-state index contributed by atoms with van der Waals surface area (Å²) >= 11 is 0. The molecule has 0 amide bonds. The third-order valence-electron chi connectivity index (χ3n) is 3.64. The van der Waals surface area contributed by atoms with Gasteiger partial charge in [-0.15, -0.1) is 0 Å². The van der Waals surface area contributed by atoms with E-state index >= 15 is 0 Å². The van der Waals surface area contributed by atoms with Crippen LogP contribution in [0.1, 0.15) is 40.0 Å². The molecule has 106 valence electrons. The molecule has 0 aliphatic carbocycles. The van der Waals surface area contributed by atoms with Crippen LogP contribution >= 0.6 is 0 Å². The lowest BCUT2D eigenvalue weighted by atomic mass is 9.93. The van der Waals surface area contributed by atoms with Crippen LogP contribution in [0.3, 0.4) is 0 Å². The van der Waals surface area contributed by atoms with E-state index in [1.807, 2.05) is 13.8 Å². The van der Waals surface area contributed by atoms with E-state index in [0.29, 0.717) is 6.42 Å². The van der Waals surface area contributed by atoms with Crippen molar-refractivity contribution in [3.8, 4) is 0 Å². The quantitative estimate of drug-likeness (QED) is 0.745. The van der Waals surface area contributed by atoms with Crippen molar-refractivity contribution in [2.45, 2.75) is 57.7 Å². The van der Waals surface area contributed by atoms with Gasteiger partial charge in [-0.25, -0.2) is 0 Å². The maximum Gasteiger partial charge on any atom is 0.323 e. The molecule has 3 unspecified atom stereocenters. The van der Waals surface area contributed by atoms with Gasteiger partial charge in [0, 0.05) is 19.2 Å². The molecule has 1 aliphatic heterocycles. The van der Waals surface area contributed by atoms with Gasteiger partial charge in [-0.2, -0.15) is 0 Å². The summed E-state index contributed by atoms with van der Waals surface area (Å²) in [6.07, 6.45) is 2.93. The van der Waals surface area contributed by atoms with E-state index in [2.05, 4.69) is 4.90 Å². The van der Waals surface area contributed by atoms with E-state index in [0.717, 1.165) is 32.5 Å². The molecule has 1 aliphatic rings. The molecule has 0 aromatic heterocycles. The number of likely N-dealkylation sites (tertiary alicyclic amines) is 1. The van der Waals surface area contributed by atoms with Crippen molar-refractivity contribution in [2.24, 2.45) is 5.73 Å². The second-order valence-corrected chi connectivity index (χ2v) is 5.49. The minimum absolute atomic E-state index is 0.166. The second-order valence-electron chi connectivity index (χ2n) is 5.49. The lowest BCUT2D eigenvalue weighted by Crippen LogP contribution is -2.52. The average Bonchev–Trinajstić information content (AvgIpc) is 2.29. The van der Waals surface area contributed by atoms with Crippen molar-refractivity contribution in [3.63, 3.8) is 0 Å². The van der Waals surface area contributed by atoms with Crippen molar-refractivity contribution in [3.05, 3.63) is 0 Å². The summed E-state index contributed by atoms with van der Waals surface area (Å²) in [4.78, 5) is 13.3. The summed E-state index contributed by atoms with van der Waals surface area (Å²) in [5.74, 6) is -0.937. The monoisotopic (exact) mass is 258 g/mol. The van der Waals surface area contributed by atoms with Crippen molar-refractivity contribution < 1.29 is 14.6 Å². The predicted molar refractivity (Wildman–Crippen MR) is 70.5 cm³/mol. The summed E-state index contributed by atoms with van der Waals surface area (Å²) in [5, 5.41) is 9.06. The molecule has 0 spiro atoms. The number of hydrogen-bond donors (Lipinski definition) is 2. The molecule has 0 radical (unpaired) electrons. The molecular formula is C13H26N2O3. The van der Waals surface area contributed by atoms with Gasteiger partial charge in [0.1, 0.15) is 5.54 Å². The summed E-state index contributed by atoms with van der Waals surface area (Å²) in [6, 6.07) is 0.166. The zero-order valence-electron chi connectivity index (χ0n) is 11.7. The minimum atomic E-state index is -1.15. The first-order valence-electron chi connectivity index (χ1n) is 6.74. The van der Waals surface area contributed by atoms with E-state index < -0.39 is 11.5 Å². The highest BCUT2D eigenvalue weighted by molar-refractivity contribution is 5.77. The van der Waals surface area contributed by atoms with Crippen LogP contribution in [-0.2, 0) is 9.53 Å². The molecule has 1 saturated heterocycles. The molecule has 0 aromatic carbocycles. The normalized spacial score (nSPS) is 26.6. The van der Waals surface area contributed by atoms with E-state index in [9.17, 15) is 4.79 Å². The molecule has 1 rings (SSSR count). The zero-order valence-corrected chi connectivity index (χ0v) is 11.7. The number of rotatable bonds is 6. The molecule has 0 aromatic rings. The number of aliphatic carboxylic acids is 1. The average molecular weight is 258 g/mol. The molecular weight excluding hydrogens is 232 g/mol. The summed E-state index contributed by atoms with van der Waals surface area (Å²) < 4.78 is 5.65. The Morgan fingerprint density at radius 3 is 2.89 bits per heavy atom. The van der Waals surface area contributed by atoms with Crippen LogP contribution in [0, 0.1) is 0 Å². The number of carboxylic acid groups (broad SMARTS) is 1. The number of nitrogens with two attached hydrogens (primary N) is 1. The van der Waals surface area contributed by atoms with Gasteiger partial charge in [-0.1, -0.05) is 0 Å². The Balaban J connectivity index is 2.50. The molecule has 1 heterocycles. The molecule has 5 heteroatoms. The van der Waals surface area contributed by atoms with Crippen LogP contribution in [0.25, 0.3) is 0 Å². The maximum atomic E-state index is 11.0. The highest BCUT2D eigenvalue weighted by Crippen LogP contribution is 2.20. The van der Waals surface area contributed by atoms with Gasteiger partial charge in [-0.05, 0) is 46.6 Å². The Bertz CT molecular complexity index is 279. The van der Waals surface area contributed by atoms with Gasteiger partial charge in [0.2, 0.25) is 0 Å². The number of carboxylic acids is 1.